The van der Waals surface area contributed by atoms with E-state index in [0.717, 1.165) is 10.5 Å². The summed E-state index contributed by atoms with van der Waals surface area (Å²) in [5.74, 6) is -1.89. The van der Waals surface area contributed by atoms with Gasteiger partial charge in [0.15, 0.2) is 0 Å². The summed E-state index contributed by atoms with van der Waals surface area (Å²) in [5.41, 5.74) is 2.66. The quantitative estimate of drug-likeness (QED) is 0.577. The second kappa shape index (κ2) is 9.11. The number of allylic oxidation sites excluding steroid dienone is 3. The molecule has 0 saturated heterocycles. The van der Waals surface area contributed by atoms with Gasteiger partial charge in [-0.05, 0) is 61.9 Å². The summed E-state index contributed by atoms with van der Waals surface area (Å²) < 4.78 is 0. The summed E-state index contributed by atoms with van der Waals surface area (Å²) >= 11 is 0. The van der Waals surface area contributed by atoms with Crippen LogP contribution in [0.3, 0.4) is 0 Å². The van der Waals surface area contributed by atoms with Crippen molar-refractivity contribution in [2.45, 2.75) is 45.6 Å². The Morgan fingerprint density at radius 2 is 1.31 bits per heavy atom. The molecule has 2 N–H and O–H groups in total. The molecule has 2 heterocycles. The SMILES string of the molecule is CC(C)CC(CO)N1C(=O)c2ccc3c4c(ccc(c24)C1=O)C(=O)N(C1=CC=C(CCO)CC1)C3=O. The normalized spacial score (nSPS) is 18.2. The summed E-state index contributed by atoms with van der Waals surface area (Å²) in [6.45, 7) is 3.60. The molecule has 0 spiro atoms. The summed E-state index contributed by atoms with van der Waals surface area (Å²) in [6.07, 6.45) is 5.72. The van der Waals surface area contributed by atoms with E-state index in [1.54, 1.807) is 18.2 Å². The fourth-order valence-corrected chi connectivity index (χ4v) is 5.50. The first-order valence-corrected chi connectivity index (χ1v) is 12.2. The molecule has 1 atom stereocenters. The van der Waals surface area contributed by atoms with Gasteiger partial charge in [0.05, 0.1) is 12.6 Å². The van der Waals surface area contributed by atoms with Crippen molar-refractivity contribution in [2.24, 2.45) is 5.92 Å². The fraction of sp³-hybridized carbons (Fsp3) is 0.357. The highest BCUT2D eigenvalue weighted by atomic mass is 16.3. The number of aliphatic hydroxyl groups is 2. The van der Waals surface area contributed by atoms with Crippen LogP contribution in [0.1, 0.15) is 81.0 Å². The maximum atomic E-state index is 13.5. The van der Waals surface area contributed by atoms with E-state index in [9.17, 15) is 29.4 Å². The zero-order valence-corrected chi connectivity index (χ0v) is 20.3. The maximum absolute atomic E-state index is 13.5. The van der Waals surface area contributed by atoms with Gasteiger partial charge < -0.3 is 10.2 Å². The van der Waals surface area contributed by atoms with Gasteiger partial charge in [-0.1, -0.05) is 25.5 Å². The number of carbonyl (C=O) groups is 4. The van der Waals surface area contributed by atoms with Crippen LogP contribution in [0.5, 0.6) is 0 Å². The van der Waals surface area contributed by atoms with Crippen molar-refractivity contribution in [3.05, 3.63) is 69.9 Å². The Hall–Kier alpha value is -3.62. The van der Waals surface area contributed by atoms with E-state index < -0.39 is 29.7 Å². The predicted molar refractivity (Wildman–Crippen MR) is 132 cm³/mol. The molecule has 1 aliphatic carbocycles. The highest BCUT2D eigenvalue weighted by Gasteiger charge is 2.42. The van der Waals surface area contributed by atoms with Crippen molar-refractivity contribution in [3.8, 4) is 0 Å². The molecule has 2 aromatic rings. The lowest BCUT2D eigenvalue weighted by molar-refractivity contribution is 0.0442. The van der Waals surface area contributed by atoms with Gasteiger partial charge in [-0.15, -0.1) is 0 Å². The Balaban J connectivity index is 1.61. The Morgan fingerprint density at radius 1 is 0.778 bits per heavy atom. The predicted octanol–water partition coefficient (Wildman–Crippen LogP) is 3.43. The van der Waals surface area contributed by atoms with E-state index in [-0.39, 0.29) is 41.4 Å². The van der Waals surface area contributed by atoms with Gasteiger partial charge in [0, 0.05) is 45.3 Å². The summed E-state index contributed by atoms with van der Waals surface area (Å²) in [4.78, 5) is 56.3. The molecule has 0 bridgehead atoms. The standard InChI is InChI=1S/C28H28N2O6/c1-15(2)13-18(14-32)30-27(35)21-9-7-19-23-20(8-10-22(24(21)23)28(30)36)26(34)29(25(19)33)17-5-3-16(4-6-17)11-12-31/h3,5,7-10,15,18,31-32H,4,6,11-14H2,1-2H3. The van der Waals surface area contributed by atoms with Crippen LogP contribution in [0.2, 0.25) is 0 Å². The molecule has 2 aliphatic heterocycles. The van der Waals surface area contributed by atoms with Gasteiger partial charge in [0.2, 0.25) is 0 Å². The minimum atomic E-state index is -0.666. The molecule has 1 unspecified atom stereocenters. The molecule has 0 fully saturated rings. The second-order valence-corrected chi connectivity index (χ2v) is 9.92. The maximum Gasteiger partial charge on any atom is 0.265 e. The monoisotopic (exact) mass is 488 g/mol. The molecule has 0 radical (unpaired) electrons. The van der Waals surface area contributed by atoms with Crippen molar-refractivity contribution in [2.75, 3.05) is 13.2 Å². The number of nitrogens with zero attached hydrogens (tertiary/aromatic N) is 2. The van der Waals surface area contributed by atoms with Crippen LogP contribution in [0.25, 0.3) is 10.8 Å². The number of rotatable bonds is 7. The Labute approximate surface area is 208 Å². The molecule has 5 rings (SSSR count). The molecule has 8 heteroatoms. The van der Waals surface area contributed by atoms with Crippen LogP contribution in [0, 0.1) is 5.92 Å². The number of benzene rings is 2. The number of hydrogen-bond donors (Lipinski definition) is 2. The average Bonchev–Trinajstić information content (AvgIpc) is 2.86. The van der Waals surface area contributed by atoms with E-state index >= 15 is 0 Å². The van der Waals surface area contributed by atoms with Crippen LogP contribution >= 0.6 is 0 Å². The molecule has 0 aromatic heterocycles. The first kappa shape index (κ1) is 24.1. The van der Waals surface area contributed by atoms with Crippen molar-refractivity contribution in [3.63, 3.8) is 0 Å². The molecule has 8 nitrogen and oxygen atoms in total. The largest absolute Gasteiger partial charge is 0.396 e. The second-order valence-electron chi connectivity index (χ2n) is 9.92. The molecule has 3 aliphatic rings. The van der Waals surface area contributed by atoms with E-state index in [1.807, 2.05) is 19.9 Å². The molecule has 0 saturated carbocycles. The van der Waals surface area contributed by atoms with E-state index in [4.69, 9.17) is 0 Å². The highest BCUT2D eigenvalue weighted by molar-refractivity contribution is 6.33. The Kier molecular flexibility index (Phi) is 6.10. The van der Waals surface area contributed by atoms with E-state index in [0.29, 0.717) is 42.2 Å². The van der Waals surface area contributed by atoms with Gasteiger partial charge in [0.25, 0.3) is 23.6 Å². The fourth-order valence-electron chi connectivity index (χ4n) is 5.50. The van der Waals surface area contributed by atoms with Crippen LogP contribution in [-0.4, -0.2) is 62.9 Å². The lowest BCUT2D eigenvalue weighted by Gasteiger charge is -2.36. The van der Waals surface area contributed by atoms with Crippen molar-refractivity contribution < 1.29 is 29.4 Å². The van der Waals surface area contributed by atoms with Crippen molar-refractivity contribution >= 4 is 34.4 Å². The third kappa shape index (κ3) is 3.60. The smallest absolute Gasteiger partial charge is 0.265 e. The topological polar surface area (TPSA) is 115 Å². The molecule has 36 heavy (non-hydrogen) atoms. The number of imide groups is 2. The van der Waals surface area contributed by atoms with Gasteiger partial charge in [0.1, 0.15) is 0 Å². The number of hydrogen-bond acceptors (Lipinski definition) is 6. The van der Waals surface area contributed by atoms with Crippen LogP contribution in [-0.2, 0) is 0 Å². The van der Waals surface area contributed by atoms with Crippen LogP contribution in [0.4, 0.5) is 0 Å². The molecule has 4 amide bonds. The molecule has 186 valence electrons. The first-order chi connectivity index (χ1) is 17.3. The Morgan fingerprint density at radius 3 is 1.72 bits per heavy atom. The minimum absolute atomic E-state index is 0.0437. The lowest BCUT2D eigenvalue weighted by atomic mass is 9.84. The lowest BCUT2D eigenvalue weighted by Crippen LogP contribution is -2.49. The zero-order valence-electron chi connectivity index (χ0n) is 20.3. The summed E-state index contributed by atoms with van der Waals surface area (Å²) in [7, 11) is 0. The van der Waals surface area contributed by atoms with Gasteiger partial charge in [-0.3, -0.25) is 24.1 Å². The third-order valence-corrected chi connectivity index (χ3v) is 7.18. The highest BCUT2D eigenvalue weighted by Crippen LogP contribution is 2.40. The zero-order chi connectivity index (χ0) is 25.7. The molecule has 2 aromatic carbocycles. The number of carbonyl (C=O) groups excluding carboxylic acids is 4. The van der Waals surface area contributed by atoms with Crippen LogP contribution < -0.4 is 0 Å². The van der Waals surface area contributed by atoms with Gasteiger partial charge in [-0.2, -0.15) is 0 Å². The minimum Gasteiger partial charge on any atom is -0.396 e. The van der Waals surface area contributed by atoms with Crippen LogP contribution in [0.15, 0.2) is 47.7 Å². The van der Waals surface area contributed by atoms with Gasteiger partial charge in [-0.25, -0.2) is 4.90 Å². The Bertz CT molecular complexity index is 1320. The summed E-state index contributed by atoms with van der Waals surface area (Å²) in [5, 5.41) is 19.8. The van der Waals surface area contributed by atoms with E-state index in [2.05, 4.69) is 0 Å². The average molecular weight is 489 g/mol. The van der Waals surface area contributed by atoms with Crippen molar-refractivity contribution in [1.82, 2.24) is 9.80 Å². The third-order valence-electron chi connectivity index (χ3n) is 7.18. The van der Waals surface area contributed by atoms with E-state index in [1.165, 1.54) is 17.0 Å². The summed E-state index contributed by atoms with van der Waals surface area (Å²) in [6, 6.07) is 5.51. The van der Waals surface area contributed by atoms with Crippen molar-refractivity contribution in [1.29, 1.82) is 0 Å². The number of aliphatic hydroxyl groups excluding tert-OH is 2. The number of amides is 4. The molecular weight excluding hydrogens is 460 g/mol. The van der Waals surface area contributed by atoms with Gasteiger partial charge >= 0.3 is 0 Å². The first-order valence-electron chi connectivity index (χ1n) is 12.2. The molecular formula is C28H28N2O6.